The molecule has 5 rings (SSSR count). The van der Waals surface area contributed by atoms with Crippen LogP contribution in [0.1, 0.15) is 17.5 Å². The standard InChI is InChI=1S/C27H24N2O6/c30-25-21(13-11-18-12-14-22-23(15-18)35-17-34-22)24(26(31)33-16-19-7-3-1-4-8-19)29(25)27(32)28-20-9-5-2-6-10-20/h1-10,12,14-15,21,24H,11,13,16-17H2,(H,28,32)/t21-,24+/m1/s1. The van der Waals surface area contributed by atoms with Gasteiger partial charge in [-0.25, -0.2) is 14.5 Å². The molecule has 0 aliphatic carbocycles. The Morgan fingerprint density at radius 3 is 2.40 bits per heavy atom. The number of esters is 1. The third-order valence-electron chi connectivity index (χ3n) is 6.10. The number of ether oxygens (including phenoxy) is 3. The van der Waals surface area contributed by atoms with Crippen molar-refractivity contribution in [3.63, 3.8) is 0 Å². The third-order valence-corrected chi connectivity index (χ3v) is 6.10. The number of anilines is 1. The number of benzene rings is 3. The SMILES string of the molecule is O=C(OCc1ccccc1)[C@@H]1[C@@H](CCc2ccc3c(c2)OCO3)C(=O)N1C(=O)Nc1ccccc1. The Kier molecular flexibility index (Phi) is 6.34. The number of carbonyl (C=O) groups excluding carboxylic acids is 3. The lowest BCUT2D eigenvalue weighted by atomic mass is 9.83. The van der Waals surface area contributed by atoms with Crippen LogP contribution in [0, 0.1) is 5.92 Å². The minimum atomic E-state index is -0.996. The lowest BCUT2D eigenvalue weighted by molar-refractivity contribution is -0.170. The molecular weight excluding hydrogens is 448 g/mol. The summed E-state index contributed by atoms with van der Waals surface area (Å²) in [6.07, 6.45) is 0.919. The molecule has 178 valence electrons. The number of hydrogen-bond donors (Lipinski definition) is 1. The molecule has 0 bridgehead atoms. The van der Waals surface area contributed by atoms with E-state index in [4.69, 9.17) is 14.2 Å². The van der Waals surface area contributed by atoms with Crippen molar-refractivity contribution in [1.82, 2.24) is 4.90 Å². The normalized spacial score (nSPS) is 18.1. The van der Waals surface area contributed by atoms with E-state index in [9.17, 15) is 14.4 Å². The largest absolute Gasteiger partial charge is 0.459 e. The van der Waals surface area contributed by atoms with Gasteiger partial charge in [0.25, 0.3) is 0 Å². The van der Waals surface area contributed by atoms with E-state index in [1.807, 2.05) is 54.6 Å². The van der Waals surface area contributed by atoms with Crippen LogP contribution in [0.15, 0.2) is 78.9 Å². The van der Waals surface area contributed by atoms with Crippen LogP contribution in [0.4, 0.5) is 10.5 Å². The zero-order chi connectivity index (χ0) is 24.2. The molecule has 0 saturated carbocycles. The van der Waals surface area contributed by atoms with E-state index in [1.54, 1.807) is 24.3 Å². The minimum absolute atomic E-state index is 0.0629. The van der Waals surface area contributed by atoms with Gasteiger partial charge in [0.05, 0.1) is 5.92 Å². The maximum absolute atomic E-state index is 13.1. The number of amides is 3. The Morgan fingerprint density at radius 1 is 0.914 bits per heavy atom. The number of imide groups is 1. The first kappa shape index (κ1) is 22.5. The number of carbonyl (C=O) groups is 3. The van der Waals surface area contributed by atoms with Gasteiger partial charge in [0.1, 0.15) is 6.61 Å². The molecular formula is C27H24N2O6. The molecule has 1 N–H and O–H groups in total. The highest BCUT2D eigenvalue weighted by atomic mass is 16.7. The molecule has 8 nitrogen and oxygen atoms in total. The number of hydrogen-bond acceptors (Lipinski definition) is 6. The topological polar surface area (TPSA) is 94.2 Å². The fraction of sp³-hybridized carbons (Fsp3) is 0.222. The van der Waals surface area contributed by atoms with Crippen LogP contribution in [-0.4, -0.2) is 35.6 Å². The van der Waals surface area contributed by atoms with Crippen LogP contribution in [-0.2, 0) is 27.4 Å². The van der Waals surface area contributed by atoms with E-state index in [2.05, 4.69) is 5.32 Å². The van der Waals surface area contributed by atoms with Crippen molar-refractivity contribution in [2.75, 3.05) is 12.1 Å². The van der Waals surface area contributed by atoms with Crippen molar-refractivity contribution >= 4 is 23.6 Å². The maximum Gasteiger partial charge on any atom is 0.330 e. The van der Waals surface area contributed by atoms with E-state index in [-0.39, 0.29) is 13.4 Å². The molecule has 2 aliphatic heterocycles. The van der Waals surface area contributed by atoms with Crippen molar-refractivity contribution in [2.45, 2.75) is 25.5 Å². The fourth-order valence-electron chi connectivity index (χ4n) is 4.26. The summed E-state index contributed by atoms with van der Waals surface area (Å²) in [4.78, 5) is 39.9. The highest BCUT2D eigenvalue weighted by Gasteiger charge is 2.55. The summed E-state index contributed by atoms with van der Waals surface area (Å²) in [5.74, 6) is -0.330. The Bertz CT molecular complexity index is 1230. The quantitative estimate of drug-likeness (QED) is 0.410. The molecule has 2 atom stereocenters. The highest BCUT2D eigenvalue weighted by Crippen LogP contribution is 2.36. The summed E-state index contributed by atoms with van der Waals surface area (Å²) < 4.78 is 16.3. The second-order valence-corrected chi connectivity index (χ2v) is 8.38. The van der Waals surface area contributed by atoms with E-state index >= 15 is 0 Å². The van der Waals surface area contributed by atoms with Gasteiger partial charge in [-0.1, -0.05) is 54.6 Å². The number of rotatable bonds is 7. The van der Waals surface area contributed by atoms with E-state index in [1.165, 1.54) is 0 Å². The molecule has 0 aromatic heterocycles. The van der Waals surface area contributed by atoms with Gasteiger partial charge < -0.3 is 19.5 Å². The summed E-state index contributed by atoms with van der Waals surface area (Å²) in [7, 11) is 0. The van der Waals surface area contributed by atoms with E-state index in [0.717, 1.165) is 16.0 Å². The molecule has 1 fully saturated rings. The summed E-state index contributed by atoms with van der Waals surface area (Å²) in [6.45, 7) is 0.244. The van der Waals surface area contributed by atoms with Crippen molar-refractivity contribution in [3.8, 4) is 11.5 Å². The molecule has 3 aromatic rings. The molecule has 0 spiro atoms. The van der Waals surface area contributed by atoms with Gasteiger partial charge in [0.15, 0.2) is 17.5 Å². The average molecular weight is 472 g/mol. The van der Waals surface area contributed by atoms with E-state index < -0.39 is 29.9 Å². The first-order valence-corrected chi connectivity index (χ1v) is 11.4. The lowest BCUT2D eigenvalue weighted by Gasteiger charge is -2.43. The molecule has 2 heterocycles. The molecule has 2 aliphatic rings. The summed E-state index contributed by atoms with van der Waals surface area (Å²) >= 11 is 0. The van der Waals surface area contributed by atoms with Crippen molar-refractivity contribution in [3.05, 3.63) is 90.0 Å². The summed E-state index contributed by atoms with van der Waals surface area (Å²) in [5, 5.41) is 2.68. The molecule has 8 heteroatoms. The van der Waals surface area contributed by atoms with Crippen LogP contribution in [0.5, 0.6) is 11.5 Å². The number of urea groups is 1. The first-order valence-electron chi connectivity index (χ1n) is 11.4. The fourth-order valence-corrected chi connectivity index (χ4v) is 4.26. The maximum atomic E-state index is 13.1. The Morgan fingerprint density at radius 2 is 1.63 bits per heavy atom. The summed E-state index contributed by atoms with van der Waals surface area (Å²) in [6, 6.07) is 22.0. The van der Waals surface area contributed by atoms with Gasteiger partial charge >= 0.3 is 12.0 Å². The number of para-hydroxylation sites is 1. The van der Waals surface area contributed by atoms with Gasteiger partial charge in [-0.3, -0.25) is 4.79 Å². The number of nitrogens with zero attached hydrogens (tertiary/aromatic N) is 1. The molecule has 3 amide bonds. The van der Waals surface area contributed by atoms with Gasteiger partial charge in [-0.2, -0.15) is 0 Å². The van der Waals surface area contributed by atoms with Gasteiger partial charge in [-0.05, 0) is 48.2 Å². The number of nitrogens with one attached hydrogen (secondary N) is 1. The van der Waals surface area contributed by atoms with E-state index in [0.29, 0.717) is 30.0 Å². The van der Waals surface area contributed by atoms with Crippen molar-refractivity contribution < 1.29 is 28.6 Å². The number of likely N-dealkylation sites (tertiary alicyclic amines) is 1. The van der Waals surface area contributed by atoms with Gasteiger partial charge in [-0.15, -0.1) is 0 Å². The highest BCUT2D eigenvalue weighted by molar-refractivity contribution is 6.11. The average Bonchev–Trinajstić information content (AvgIpc) is 3.35. The minimum Gasteiger partial charge on any atom is -0.459 e. The number of aryl methyl sites for hydroxylation is 1. The number of β-lactam (4-membered cyclic amide) rings is 1. The molecule has 1 saturated heterocycles. The Labute approximate surface area is 202 Å². The lowest BCUT2D eigenvalue weighted by Crippen LogP contribution is -2.67. The Hall–Kier alpha value is -4.33. The van der Waals surface area contributed by atoms with Crippen LogP contribution < -0.4 is 14.8 Å². The third kappa shape index (κ3) is 4.82. The zero-order valence-corrected chi connectivity index (χ0v) is 18.9. The van der Waals surface area contributed by atoms with Crippen LogP contribution in [0.25, 0.3) is 0 Å². The summed E-state index contributed by atoms with van der Waals surface area (Å²) in [5.41, 5.74) is 2.31. The predicted molar refractivity (Wildman–Crippen MR) is 127 cm³/mol. The number of fused-ring (bicyclic) bond motifs is 1. The second-order valence-electron chi connectivity index (χ2n) is 8.38. The van der Waals surface area contributed by atoms with Crippen molar-refractivity contribution in [2.24, 2.45) is 5.92 Å². The van der Waals surface area contributed by atoms with Gasteiger partial charge in [0, 0.05) is 5.69 Å². The van der Waals surface area contributed by atoms with Crippen LogP contribution in [0.3, 0.4) is 0 Å². The molecule has 35 heavy (non-hydrogen) atoms. The second kappa shape index (κ2) is 9.89. The first-order chi connectivity index (χ1) is 17.1. The predicted octanol–water partition coefficient (Wildman–Crippen LogP) is 4.15. The zero-order valence-electron chi connectivity index (χ0n) is 18.9. The molecule has 3 aromatic carbocycles. The van der Waals surface area contributed by atoms with Crippen LogP contribution in [0.2, 0.25) is 0 Å². The monoisotopic (exact) mass is 472 g/mol. The molecule has 0 unspecified atom stereocenters. The van der Waals surface area contributed by atoms with Crippen molar-refractivity contribution in [1.29, 1.82) is 0 Å². The van der Waals surface area contributed by atoms with Crippen LogP contribution >= 0.6 is 0 Å². The smallest absolute Gasteiger partial charge is 0.330 e. The molecule has 0 radical (unpaired) electrons. The Balaban J connectivity index is 1.29. The van der Waals surface area contributed by atoms with Gasteiger partial charge in [0.2, 0.25) is 12.7 Å².